The second-order valence-corrected chi connectivity index (χ2v) is 4.71. The van der Waals surface area contributed by atoms with E-state index in [2.05, 4.69) is 5.32 Å². The van der Waals surface area contributed by atoms with E-state index in [1.807, 2.05) is 18.2 Å². The van der Waals surface area contributed by atoms with E-state index in [1.165, 1.54) is 0 Å². The number of benzene rings is 2. The van der Waals surface area contributed by atoms with Crippen LogP contribution in [-0.4, -0.2) is 12.0 Å². The molecule has 0 bridgehead atoms. The molecule has 0 aliphatic heterocycles. The van der Waals surface area contributed by atoms with E-state index in [-0.39, 0.29) is 5.91 Å². The number of halogens is 1. The summed E-state index contributed by atoms with van der Waals surface area (Å²) in [5, 5.41) is 3.18. The smallest absolute Gasteiger partial charge is 0.265 e. The van der Waals surface area contributed by atoms with Gasteiger partial charge in [-0.25, -0.2) is 0 Å². The molecule has 0 saturated heterocycles. The molecule has 2 aromatic rings. The van der Waals surface area contributed by atoms with Gasteiger partial charge in [0, 0.05) is 5.69 Å². The summed E-state index contributed by atoms with van der Waals surface area (Å²) in [6.07, 6.45) is -0.616. The summed E-state index contributed by atoms with van der Waals surface area (Å²) in [4.78, 5) is 12.0. The number of rotatable bonds is 4. The molecule has 0 aromatic heterocycles. The molecule has 1 unspecified atom stereocenters. The zero-order valence-electron chi connectivity index (χ0n) is 11.0. The van der Waals surface area contributed by atoms with E-state index in [1.54, 1.807) is 37.3 Å². The highest BCUT2D eigenvalue weighted by molar-refractivity contribution is 6.33. The van der Waals surface area contributed by atoms with Crippen LogP contribution < -0.4 is 15.8 Å². The van der Waals surface area contributed by atoms with Gasteiger partial charge in [-0.3, -0.25) is 4.79 Å². The van der Waals surface area contributed by atoms with E-state index in [4.69, 9.17) is 22.1 Å². The molecule has 20 heavy (non-hydrogen) atoms. The Morgan fingerprint density at radius 2 is 1.95 bits per heavy atom. The Balaban J connectivity index is 1.99. The Bertz CT molecular complexity index is 602. The van der Waals surface area contributed by atoms with Crippen molar-refractivity contribution in [1.82, 2.24) is 0 Å². The van der Waals surface area contributed by atoms with E-state index >= 15 is 0 Å². The van der Waals surface area contributed by atoms with Crippen molar-refractivity contribution in [3.8, 4) is 5.75 Å². The van der Waals surface area contributed by atoms with Crippen molar-refractivity contribution in [2.45, 2.75) is 13.0 Å². The lowest BCUT2D eigenvalue weighted by molar-refractivity contribution is -0.122. The van der Waals surface area contributed by atoms with Gasteiger partial charge in [-0.2, -0.15) is 0 Å². The summed E-state index contributed by atoms with van der Waals surface area (Å²) < 4.78 is 5.53. The Labute approximate surface area is 122 Å². The molecule has 4 nitrogen and oxygen atoms in total. The maximum absolute atomic E-state index is 12.0. The number of anilines is 2. The normalized spacial score (nSPS) is 11.7. The summed E-state index contributed by atoms with van der Waals surface area (Å²) in [7, 11) is 0. The highest BCUT2D eigenvalue weighted by atomic mass is 35.5. The van der Waals surface area contributed by atoms with Gasteiger partial charge in [-0.05, 0) is 37.3 Å². The molecule has 2 aromatic carbocycles. The molecule has 0 aliphatic carbocycles. The lowest BCUT2D eigenvalue weighted by Crippen LogP contribution is -2.30. The second-order valence-electron chi connectivity index (χ2n) is 4.30. The highest BCUT2D eigenvalue weighted by Gasteiger charge is 2.15. The van der Waals surface area contributed by atoms with Crippen LogP contribution in [0.5, 0.6) is 5.75 Å². The van der Waals surface area contributed by atoms with Gasteiger partial charge in [0.1, 0.15) is 5.75 Å². The van der Waals surface area contributed by atoms with Gasteiger partial charge in [0.2, 0.25) is 0 Å². The van der Waals surface area contributed by atoms with Crippen LogP contribution in [-0.2, 0) is 4.79 Å². The Hall–Kier alpha value is -2.20. The Morgan fingerprint density at radius 3 is 2.60 bits per heavy atom. The van der Waals surface area contributed by atoms with Crippen LogP contribution in [0.4, 0.5) is 11.4 Å². The lowest BCUT2D eigenvalue weighted by atomic mass is 10.2. The largest absolute Gasteiger partial charge is 0.481 e. The lowest BCUT2D eigenvalue weighted by Gasteiger charge is -2.15. The number of para-hydroxylation sites is 1. The third-order valence-corrected chi connectivity index (χ3v) is 3.03. The monoisotopic (exact) mass is 290 g/mol. The van der Waals surface area contributed by atoms with Crippen molar-refractivity contribution in [3.63, 3.8) is 0 Å². The number of amides is 1. The van der Waals surface area contributed by atoms with Gasteiger partial charge in [0.15, 0.2) is 6.10 Å². The van der Waals surface area contributed by atoms with E-state index in [9.17, 15) is 4.79 Å². The molecule has 0 saturated carbocycles. The van der Waals surface area contributed by atoms with Crippen molar-refractivity contribution in [2.75, 3.05) is 11.1 Å². The zero-order chi connectivity index (χ0) is 14.5. The SMILES string of the molecule is CC(Oc1ccccc1)C(=O)Nc1ccc(Cl)c(N)c1. The average Bonchev–Trinajstić information content (AvgIpc) is 2.44. The van der Waals surface area contributed by atoms with Crippen LogP contribution in [0, 0.1) is 0 Å². The van der Waals surface area contributed by atoms with Gasteiger partial charge in [0.25, 0.3) is 5.91 Å². The number of ether oxygens (including phenoxy) is 1. The molecule has 0 fully saturated rings. The predicted molar refractivity (Wildman–Crippen MR) is 81.0 cm³/mol. The van der Waals surface area contributed by atoms with Crippen LogP contribution in [0.15, 0.2) is 48.5 Å². The molecule has 0 spiro atoms. The van der Waals surface area contributed by atoms with Crippen molar-refractivity contribution in [3.05, 3.63) is 53.6 Å². The van der Waals surface area contributed by atoms with Crippen molar-refractivity contribution < 1.29 is 9.53 Å². The molecule has 104 valence electrons. The number of nitrogens with two attached hydrogens (primary N) is 1. The van der Waals surface area contributed by atoms with Crippen molar-refractivity contribution >= 4 is 28.9 Å². The zero-order valence-corrected chi connectivity index (χ0v) is 11.7. The summed E-state index contributed by atoms with van der Waals surface area (Å²) in [6.45, 7) is 1.68. The highest BCUT2D eigenvalue weighted by Crippen LogP contribution is 2.22. The van der Waals surface area contributed by atoms with E-state index in [0.29, 0.717) is 22.1 Å². The minimum Gasteiger partial charge on any atom is -0.481 e. The maximum Gasteiger partial charge on any atom is 0.265 e. The summed E-state index contributed by atoms with van der Waals surface area (Å²) in [5.74, 6) is 0.390. The van der Waals surface area contributed by atoms with Crippen LogP contribution in [0.1, 0.15) is 6.92 Å². The third-order valence-electron chi connectivity index (χ3n) is 2.69. The average molecular weight is 291 g/mol. The molecule has 5 heteroatoms. The standard InChI is InChI=1S/C15H15ClN2O2/c1-10(20-12-5-3-2-4-6-12)15(19)18-11-7-8-13(16)14(17)9-11/h2-10H,17H2,1H3,(H,18,19). The molecule has 1 amide bonds. The first-order valence-electron chi connectivity index (χ1n) is 6.14. The number of nitrogens with one attached hydrogen (secondary N) is 1. The first-order valence-corrected chi connectivity index (χ1v) is 6.51. The third kappa shape index (κ3) is 3.65. The first-order chi connectivity index (χ1) is 9.56. The van der Waals surface area contributed by atoms with Crippen LogP contribution in [0.25, 0.3) is 0 Å². The van der Waals surface area contributed by atoms with Gasteiger partial charge >= 0.3 is 0 Å². The molecular weight excluding hydrogens is 276 g/mol. The summed E-state index contributed by atoms with van der Waals surface area (Å²) in [6, 6.07) is 14.1. The van der Waals surface area contributed by atoms with Crippen LogP contribution in [0.3, 0.4) is 0 Å². The fourth-order valence-electron chi connectivity index (χ4n) is 1.62. The van der Waals surface area contributed by atoms with Crippen LogP contribution >= 0.6 is 11.6 Å². The van der Waals surface area contributed by atoms with Crippen molar-refractivity contribution in [2.24, 2.45) is 0 Å². The topological polar surface area (TPSA) is 64.3 Å². The second kappa shape index (κ2) is 6.30. The molecule has 0 heterocycles. The van der Waals surface area contributed by atoms with Crippen molar-refractivity contribution in [1.29, 1.82) is 0 Å². The van der Waals surface area contributed by atoms with E-state index < -0.39 is 6.10 Å². The minimum atomic E-state index is -0.616. The first kappa shape index (κ1) is 14.2. The Kier molecular flexibility index (Phi) is 4.48. The number of carbonyl (C=O) groups excluding carboxylic acids is 1. The number of nitrogen functional groups attached to an aromatic ring is 1. The molecule has 0 radical (unpaired) electrons. The van der Waals surface area contributed by atoms with E-state index in [0.717, 1.165) is 0 Å². The summed E-state index contributed by atoms with van der Waals surface area (Å²) in [5.41, 5.74) is 6.68. The molecule has 1 atom stereocenters. The molecule has 0 aliphatic rings. The fourth-order valence-corrected chi connectivity index (χ4v) is 1.74. The Morgan fingerprint density at radius 1 is 1.25 bits per heavy atom. The molecular formula is C15H15ClN2O2. The van der Waals surface area contributed by atoms with Crippen LogP contribution in [0.2, 0.25) is 5.02 Å². The fraction of sp³-hybridized carbons (Fsp3) is 0.133. The van der Waals surface area contributed by atoms with Gasteiger partial charge < -0.3 is 15.8 Å². The number of hydrogen-bond donors (Lipinski definition) is 2. The summed E-state index contributed by atoms with van der Waals surface area (Å²) >= 11 is 5.82. The quantitative estimate of drug-likeness (QED) is 0.849. The minimum absolute atomic E-state index is 0.254. The number of carbonyl (C=O) groups is 1. The maximum atomic E-state index is 12.0. The van der Waals surface area contributed by atoms with Gasteiger partial charge in [-0.1, -0.05) is 29.8 Å². The molecule has 2 rings (SSSR count). The predicted octanol–water partition coefficient (Wildman–Crippen LogP) is 3.33. The number of hydrogen-bond acceptors (Lipinski definition) is 3. The van der Waals surface area contributed by atoms with Gasteiger partial charge in [-0.15, -0.1) is 0 Å². The molecule has 3 N–H and O–H groups in total. The van der Waals surface area contributed by atoms with Gasteiger partial charge in [0.05, 0.1) is 10.7 Å².